The predicted molar refractivity (Wildman–Crippen MR) is 75.1 cm³/mol. The van der Waals surface area contributed by atoms with Gasteiger partial charge in [-0.3, -0.25) is 0 Å². The Balaban J connectivity index is 2.24. The summed E-state index contributed by atoms with van der Waals surface area (Å²) in [5, 5.41) is 3.17. The van der Waals surface area contributed by atoms with Crippen molar-refractivity contribution in [3.63, 3.8) is 0 Å². The zero-order chi connectivity index (χ0) is 13.0. The molecule has 18 heavy (non-hydrogen) atoms. The molecule has 1 aromatic heterocycles. The molecule has 0 aliphatic heterocycles. The van der Waals surface area contributed by atoms with Crippen molar-refractivity contribution in [2.24, 2.45) is 0 Å². The lowest BCUT2D eigenvalue weighted by Gasteiger charge is -2.18. The summed E-state index contributed by atoms with van der Waals surface area (Å²) in [6.45, 7) is 2.87. The van der Waals surface area contributed by atoms with Crippen LogP contribution in [-0.4, -0.2) is 23.6 Å². The minimum absolute atomic E-state index is 0.753. The van der Waals surface area contributed by atoms with Gasteiger partial charge in [-0.05, 0) is 31.2 Å². The van der Waals surface area contributed by atoms with Crippen LogP contribution in [0.1, 0.15) is 6.92 Å². The molecule has 5 heteroatoms. The van der Waals surface area contributed by atoms with Crippen LogP contribution in [0.5, 0.6) is 0 Å². The van der Waals surface area contributed by atoms with Crippen LogP contribution in [0.25, 0.3) is 0 Å². The number of rotatable bonds is 4. The van der Waals surface area contributed by atoms with Gasteiger partial charge in [-0.15, -0.1) is 0 Å². The molecule has 3 N–H and O–H groups in total. The lowest BCUT2D eigenvalue weighted by Crippen LogP contribution is -2.12. The van der Waals surface area contributed by atoms with Crippen molar-refractivity contribution in [3.8, 4) is 0 Å². The Kier molecular flexibility index (Phi) is 3.62. The van der Waals surface area contributed by atoms with E-state index in [0.29, 0.717) is 0 Å². The van der Waals surface area contributed by atoms with Gasteiger partial charge in [0.15, 0.2) is 0 Å². The Morgan fingerprint density at radius 3 is 2.61 bits per heavy atom. The van der Waals surface area contributed by atoms with Crippen LogP contribution >= 0.6 is 0 Å². The molecule has 2 rings (SSSR count). The molecule has 0 aliphatic carbocycles. The zero-order valence-corrected chi connectivity index (χ0v) is 10.6. The van der Waals surface area contributed by atoms with Gasteiger partial charge in [0, 0.05) is 31.0 Å². The second-order valence-corrected chi connectivity index (χ2v) is 3.94. The van der Waals surface area contributed by atoms with Gasteiger partial charge in [-0.25, -0.2) is 9.97 Å². The van der Waals surface area contributed by atoms with E-state index >= 15 is 0 Å². The lowest BCUT2D eigenvalue weighted by atomic mass is 10.2. The number of nitrogens with two attached hydrogens (primary N) is 1. The number of hydrogen-bond acceptors (Lipinski definition) is 5. The van der Waals surface area contributed by atoms with Crippen molar-refractivity contribution in [1.29, 1.82) is 0 Å². The summed E-state index contributed by atoms with van der Waals surface area (Å²) in [6, 6.07) is 9.59. The Hall–Kier alpha value is -2.30. The third-order valence-corrected chi connectivity index (χ3v) is 2.63. The van der Waals surface area contributed by atoms with Crippen LogP contribution in [0, 0.1) is 0 Å². The van der Waals surface area contributed by atoms with E-state index < -0.39 is 0 Å². The predicted octanol–water partition coefficient (Wildman–Crippen LogP) is 2.26. The van der Waals surface area contributed by atoms with Crippen molar-refractivity contribution in [2.75, 3.05) is 29.5 Å². The molecule has 94 valence electrons. The van der Waals surface area contributed by atoms with Crippen LogP contribution < -0.4 is 16.0 Å². The van der Waals surface area contributed by atoms with Crippen LogP contribution in [0.3, 0.4) is 0 Å². The van der Waals surface area contributed by atoms with Gasteiger partial charge in [-0.1, -0.05) is 0 Å². The minimum Gasteiger partial charge on any atom is -0.399 e. The molecule has 0 saturated heterocycles. The second-order valence-electron chi connectivity index (χ2n) is 3.94. The molecule has 5 nitrogen and oxygen atoms in total. The highest BCUT2D eigenvalue weighted by atomic mass is 15.2. The van der Waals surface area contributed by atoms with Gasteiger partial charge >= 0.3 is 0 Å². The van der Waals surface area contributed by atoms with E-state index in [9.17, 15) is 0 Å². The Labute approximate surface area is 107 Å². The minimum atomic E-state index is 0.753. The SMILES string of the molecule is CCNc1cc(N(C)c2ccc(N)cc2)ncn1. The van der Waals surface area contributed by atoms with E-state index in [2.05, 4.69) is 15.3 Å². The number of anilines is 4. The number of aromatic nitrogens is 2. The number of hydrogen-bond donors (Lipinski definition) is 2. The van der Waals surface area contributed by atoms with E-state index in [1.165, 1.54) is 0 Å². The summed E-state index contributed by atoms with van der Waals surface area (Å²) in [7, 11) is 1.96. The lowest BCUT2D eigenvalue weighted by molar-refractivity contribution is 1.06. The first kappa shape index (κ1) is 12.2. The topological polar surface area (TPSA) is 67.1 Å². The van der Waals surface area contributed by atoms with Crippen molar-refractivity contribution in [1.82, 2.24) is 9.97 Å². The largest absolute Gasteiger partial charge is 0.399 e. The average Bonchev–Trinajstić information content (AvgIpc) is 2.39. The van der Waals surface area contributed by atoms with Gasteiger partial charge in [0.05, 0.1) is 0 Å². The summed E-state index contributed by atoms with van der Waals surface area (Å²) >= 11 is 0. The quantitative estimate of drug-likeness (QED) is 0.806. The molecule has 0 saturated carbocycles. The maximum atomic E-state index is 5.68. The molecule has 0 bridgehead atoms. The fraction of sp³-hybridized carbons (Fsp3) is 0.231. The van der Waals surface area contributed by atoms with Crippen LogP contribution in [-0.2, 0) is 0 Å². The molecule has 0 amide bonds. The Bertz CT molecular complexity index is 509. The monoisotopic (exact) mass is 243 g/mol. The van der Waals surface area contributed by atoms with E-state index in [1.807, 2.05) is 49.2 Å². The second kappa shape index (κ2) is 5.35. The first-order valence-electron chi connectivity index (χ1n) is 5.86. The first-order chi connectivity index (χ1) is 8.70. The zero-order valence-electron chi connectivity index (χ0n) is 10.6. The molecule has 0 fully saturated rings. The number of benzene rings is 1. The number of nitrogens with zero attached hydrogens (tertiary/aromatic N) is 3. The normalized spacial score (nSPS) is 10.1. The third kappa shape index (κ3) is 2.68. The van der Waals surface area contributed by atoms with Crippen molar-refractivity contribution >= 4 is 23.0 Å². The van der Waals surface area contributed by atoms with Gasteiger partial charge in [0.25, 0.3) is 0 Å². The molecule has 0 aliphatic rings. The fourth-order valence-corrected chi connectivity index (χ4v) is 1.64. The standard InChI is InChI=1S/C13H17N5/c1-3-15-12-8-13(17-9-16-12)18(2)11-6-4-10(14)5-7-11/h4-9H,3,14H2,1-2H3,(H,15,16,17). The fourth-order valence-electron chi connectivity index (χ4n) is 1.64. The van der Waals surface area contributed by atoms with E-state index in [1.54, 1.807) is 6.33 Å². The van der Waals surface area contributed by atoms with Crippen molar-refractivity contribution < 1.29 is 0 Å². The highest BCUT2D eigenvalue weighted by Gasteiger charge is 2.06. The van der Waals surface area contributed by atoms with Crippen molar-refractivity contribution in [2.45, 2.75) is 6.92 Å². The third-order valence-electron chi connectivity index (χ3n) is 2.63. The molecular formula is C13H17N5. The van der Waals surface area contributed by atoms with Gasteiger partial charge < -0.3 is 16.0 Å². The summed E-state index contributed by atoms with van der Waals surface area (Å²) in [6.07, 6.45) is 1.56. The highest BCUT2D eigenvalue weighted by Crippen LogP contribution is 2.23. The van der Waals surface area contributed by atoms with Gasteiger partial charge in [-0.2, -0.15) is 0 Å². The molecule has 1 aromatic carbocycles. The molecule has 0 atom stereocenters. The summed E-state index contributed by atoms with van der Waals surface area (Å²) in [5.41, 5.74) is 7.46. The summed E-state index contributed by atoms with van der Waals surface area (Å²) < 4.78 is 0. The maximum Gasteiger partial charge on any atom is 0.138 e. The van der Waals surface area contributed by atoms with Crippen LogP contribution in [0.2, 0.25) is 0 Å². The number of nitrogen functional groups attached to an aromatic ring is 1. The average molecular weight is 243 g/mol. The Morgan fingerprint density at radius 2 is 1.94 bits per heavy atom. The highest BCUT2D eigenvalue weighted by molar-refractivity contribution is 5.63. The molecular weight excluding hydrogens is 226 g/mol. The van der Waals surface area contributed by atoms with E-state index in [4.69, 9.17) is 5.73 Å². The van der Waals surface area contributed by atoms with E-state index in [-0.39, 0.29) is 0 Å². The number of nitrogens with one attached hydrogen (secondary N) is 1. The van der Waals surface area contributed by atoms with Crippen LogP contribution in [0.15, 0.2) is 36.7 Å². The molecule has 0 radical (unpaired) electrons. The molecule has 1 heterocycles. The Morgan fingerprint density at radius 1 is 1.22 bits per heavy atom. The molecule has 2 aromatic rings. The van der Waals surface area contributed by atoms with Crippen molar-refractivity contribution in [3.05, 3.63) is 36.7 Å². The summed E-state index contributed by atoms with van der Waals surface area (Å²) in [4.78, 5) is 10.4. The van der Waals surface area contributed by atoms with Gasteiger partial charge in [0.1, 0.15) is 18.0 Å². The smallest absolute Gasteiger partial charge is 0.138 e. The van der Waals surface area contributed by atoms with E-state index in [0.717, 1.165) is 29.6 Å². The van der Waals surface area contributed by atoms with Gasteiger partial charge in [0.2, 0.25) is 0 Å². The maximum absolute atomic E-state index is 5.68. The van der Waals surface area contributed by atoms with Crippen LogP contribution in [0.4, 0.5) is 23.0 Å². The molecule has 0 spiro atoms. The summed E-state index contributed by atoms with van der Waals surface area (Å²) in [5.74, 6) is 1.66. The molecule has 0 unspecified atom stereocenters. The first-order valence-corrected chi connectivity index (χ1v) is 5.86.